The van der Waals surface area contributed by atoms with Crippen molar-refractivity contribution in [3.8, 4) is 0 Å². The molecule has 2 aromatic carbocycles. The topological polar surface area (TPSA) is 138 Å². The van der Waals surface area contributed by atoms with Gasteiger partial charge < -0.3 is 9.30 Å². The second-order valence-electron chi connectivity index (χ2n) is 7.65. The van der Waals surface area contributed by atoms with E-state index in [1.165, 1.54) is 12.1 Å². The predicted molar refractivity (Wildman–Crippen MR) is 131 cm³/mol. The summed E-state index contributed by atoms with van der Waals surface area (Å²) in [5.41, 5.74) is 1.66. The van der Waals surface area contributed by atoms with Gasteiger partial charge in [0.15, 0.2) is 14.6 Å². The number of amides is 1. The lowest BCUT2D eigenvalue weighted by Gasteiger charge is -2.06. The summed E-state index contributed by atoms with van der Waals surface area (Å²) in [7, 11) is -7.36. The van der Waals surface area contributed by atoms with E-state index in [1.807, 2.05) is 13.8 Å². The fraction of sp³-hybridized carbons (Fsp3) is 0.364. The van der Waals surface area contributed by atoms with E-state index in [2.05, 4.69) is 4.99 Å². The highest BCUT2D eigenvalue weighted by molar-refractivity contribution is 7.91. The molecule has 0 atom stereocenters. The Labute approximate surface area is 202 Å². The van der Waals surface area contributed by atoms with Crippen LogP contribution in [0.15, 0.2) is 57.2 Å². The highest BCUT2D eigenvalue weighted by Gasteiger charge is 2.16. The molecular formula is C22H27N3O6S3. The normalized spacial score (nSPS) is 13.0. The number of nitrogens with zero attached hydrogens (tertiary/aromatic N) is 2. The van der Waals surface area contributed by atoms with Crippen molar-refractivity contribution in [2.24, 2.45) is 10.1 Å². The van der Waals surface area contributed by atoms with Gasteiger partial charge in [-0.3, -0.25) is 4.79 Å². The van der Waals surface area contributed by atoms with E-state index in [0.29, 0.717) is 34.8 Å². The molecule has 3 rings (SSSR count). The predicted octanol–water partition coefficient (Wildman–Crippen LogP) is 2.38. The number of benzene rings is 2. The second-order valence-corrected chi connectivity index (χ2v) is 12.3. The van der Waals surface area contributed by atoms with E-state index in [0.717, 1.165) is 16.9 Å². The van der Waals surface area contributed by atoms with Gasteiger partial charge in [0.25, 0.3) is 0 Å². The van der Waals surface area contributed by atoms with Crippen molar-refractivity contribution < 1.29 is 26.4 Å². The van der Waals surface area contributed by atoms with Crippen LogP contribution in [0.25, 0.3) is 10.2 Å². The molecule has 0 saturated carbocycles. The van der Waals surface area contributed by atoms with Gasteiger partial charge in [0.1, 0.15) is 0 Å². The molecular weight excluding hydrogens is 498 g/mol. The van der Waals surface area contributed by atoms with Crippen LogP contribution in [0.5, 0.6) is 0 Å². The maximum absolute atomic E-state index is 12.5. The standard InChI is InChI=1S/C22H27N3O6S3/c1-3-31-13-12-25-19-11-10-18(34(23,29)30)15-20(19)32-22(25)24-21(26)5-4-14-33(27,28)17-8-6-16(2)7-9-17/h6-11,15H,3-5,12-14H2,1-2H3,(H2,23,29,30). The third-order valence-corrected chi connectivity index (χ3v) is 8.82. The first-order valence-corrected chi connectivity index (χ1v) is 14.6. The zero-order valence-electron chi connectivity index (χ0n) is 18.9. The monoisotopic (exact) mass is 525 g/mol. The molecule has 1 amide bonds. The molecule has 0 saturated heterocycles. The van der Waals surface area contributed by atoms with Gasteiger partial charge in [-0.25, -0.2) is 22.0 Å². The van der Waals surface area contributed by atoms with Crippen molar-refractivity contribution in [1.29, 1.82) is 0 Å². The van der Waals surface area contributed by atoms with Crippen LogP contribution in [0.4, 0.5) is 0 Å². The smallest absolute Gasteiger partial charge is 0.248 e. The molecule has 0 spiro atoms. The molecule has 12 heteroatoms. The van der Waals surface area contributed by atoms with Crippen LogP contribution in [0, 0.1) is 6.92 Å². The van der Waals surface area contributed by atoms with Gasteiger partial charge in [0.2, 0.25) is 15.9 Å². The molecule has 184 valence electrons. The number of hydrogen-bond acceptors (Lipinski definition) is 7. The number of fused-ring (bicyclic) bond motifs is 1. The number of primary sulfonamides is 1. The van der Waals surface area contributed by atoms with Gasteiger partial charge in [-0.05, 0) is 50.6 Å². The van der Waals surface area contributed by atoms with Crippen LogP contribution in [0.1, 0.15) is 25.3 Å². The maximum Gasteiger partial charge on any atom is 0.248 e. The van der Waals surface area contributed by atoms with Gasteiger partial charge in [-0.15, -0.1) is 0 Å². The van der Waals surface area contributed by atoms with Crippen molar-refractivity contribution in [3.63, 3.8) is 0 Å². The van der Waals surface area contributed by atoms with E-state index < -0.39 is 25.8 Å². The van der Waals surface area contributed by atoms with Crippen LogP contribution in [-0.4, -0.2) is 46.3 Å². The summed E-state index contributed by atoms with van der Waals surface area (Å²) >= 11 is 1.16. The number of ether oxygens (including phenoxy) is 1. The number of carbonyl (C=O) groups is 1. The van der Waals surface area contributed by atoms with Gasteiger partial charge in [0.05, 0.1) is 32.4 Å². The van der Waals surface area contributed by atoms with Crippen LogP contribution in [0.2, 0.25) is 0 Å². The zero-order valence-corrected chi connectivity index (χ0v) is 21.4. The Balaban J connectivity index is 1.82. The fourth-order valence-corrected chi connectivity index (χ4v) is 6.31. The van der Waals surface area contributed by atoms with Crippen molar-refractivity contribution in [1.82, 2.24) is 4.57 Å². The summed E-state index contributed by atoms with van der Waals surface area (Å²) in [5, 5.41) is 5.23. The summed E-state index contributed by atoms with van der Waals surface area (Å²) < 4.78 is 56.2. The molecule has 3 aromatic rings. The summed E-state index contributed by atoms with van der Waals surface area (Å²) in [5.74, 6) is -0.617. The quantitative estimate of drug-likeness (QED) is 0.403. The average molecular weight is 526 g/mol. The highest BCUT2D eigenvalue weighted by atomic mass is 32.2. The molecule has 1 heterocycles. The summed E-state index contributed by atoms with van der Waals surface area (Å²) in [6.45, 7) is 5.07. The minimum absolute atomic E-state index is 0.0302. The van der Waals surface area contributed by atoms with Gasteiger partial charge in [0, 0.05) is 19.6 Å². The minimum atomic E-state index is -3.87. The fourth-order valence-electron chi connectivity index (χ4n) is 3.27. The number of aryl methyl sites for hydroxylation is 1. The lowest BCUT2D eigenvalue weighted by molar-refractivity contribution is -0.118. The summed E-state index contributed by atoms with van der Waals surface area (Å²) in [6, 6.07) is 11.1. The first kappa shape index (κ1) is 26.2. The van der Waals surface area contributed by atoms with E-state index >= 15 is 0 Å². The Hall–Kier alpha value is -2.38. The van der Waals surface area contributed by atoms with E-state index in [9.17, 15) is 21.6 Å². The SMILES string of the molecule is CCOCCn1c(=NC(=O)CCCS(=O)(=O)c2ccc(C)cc2)sc2cc(S(N)(=O)=O)ccc21. The first-order valence-electron chi connectivity index (χ1n) is 10.6. The van der Waals surface area contributed by atoms with Crippen LogP contribution < -0.4 is 9.94 Å². The molecule has 0 fully saturated rings. The Bertz CT molecular complexity index is 1450. The molecule has 0 aliphatic rings. The lowest BCUT2D eigenvalue weighted by atomic mass is 10.2. The average Bonchev–Trinajstić information content (AvgIpc) is 3.09. The zero-order chi connectivity index (χ0) is 24.9. The Morgan fingerprint density at radius 1 is 1.09 bits per heavy atom. The molecule has 0 bridgehead atoms. The number of sulfone groups is 1. The number of aromatic nitrogens is 1. The van der Waals surface area contributed by atoms with E-state index in [1.54, 1.807) is 34.9 Å². The Morgan fingerprint density at radius 2 is 1.76 bits per heavy atom. The molecule has 0 unspecified atom stereocenters. The van der Waals surface area contributed by atoms with Crippen molar-refractivity contribution in [2.45, 2.75) is 43.0 Å². The van der Waals surface area contributed by atoms with E-state index in [-0.39, 0.29) is 28.4 Å². The largest absolute Gasteiger partial charge is 0.380 e. The molecule has 1 aromatic heterocycles. The third kappa shape index (κ3) is 6.60. The van der Waals surface area contributed by atoms with Gasteiger partial charge in [-0.2, -0.15) is 4.99 Å². The molecule has 9 nitrogen and oxygen atoms in total. The number of thiazole rings is 1. The molecule has 0 aliphatic carbocycles. The number of hydrogen-bond donors (Lipinski definition) is 1. The van der Waals surface area contributed by atoms with Crippen molar-refractivity contribution in [2.75, 3.05) is 19.0 Å². The molecule has 34 heavy (non-hydrogen) atoms. The van der Waals surface area contributed by atoms with Crippen LogP contribution in [0.3, 0.4) is 0 Å². The molecule has 0 aliphatic heterocycles. The highest BCUT2D eigenvalue weighted by Crippen LogP contribution is 2.21. The number of rotatable bonds is 10. The van der Waals surface area contributed by atoms with Gasteiger partial charge >= 0.3 is 0 Å². The van der Waals surface area contributed by atoms with E-state index in [4.69, 9.17) is 9.88 Å². The summed E-state index contributed by atoms with van der Waals surface area (Å²) in [6.07, 6.45) is 0.102. The van der Waals surface area contributed by atoms with Crippen LogP contribution in [-0.2, 0) is 35.9 Å². The lowest BCUT2D eigenvalue weighted by Crippen LogP contribution is -2.20. The maximum atomic E-state index is 12.5. The number of sulfonamides is 1. The van der Waals surface area contributed by atoms with Gasteiger partial charge in [-0.1, -0.05) is 29.0 Å². The molecule has 2 N–H and O–H groups in total. The van der Waals surface area contributed by atoms with Crippen molar-refractivity contribution >= 4 is 47.3 Å². The number of carbonyl (C=O) groups excluding carboxylic acids is 1. The number of nitrogens with two attached hydrogens (primary N) is 1. The Kier molecular flexibility index (Phi) is 8.42. The second kappa shape index (κ2) is 10.9. The third-order valence-electron chi connectivity index (χ3n) is 5.05. The van der Waals surface area contributed by atoms with Crippen LogP contribution >= 0.6 is 11.3 Å². The van der Waals surface area contributed by atoms with Crippen molar-refractivity contribution in [3.05, 3.63) is 52.8 Å². The summed E-state index contributed by atoms with van der Waals surface area (Å²) in [4.78, 5) is 17.3. The minimum Gasteiger partial charge on any atom is -0.380 e. The Morgan fingerprint density at radius 3 is 2.41 bits per heavy atom. The molecule has 0 radical (unpaired) electrons. The first-order chi connectivity index (χ1) is 16.0.